The number of benzene rings is 1. The molecule has 128 valence electrons. The summed E-state index contributed by atoms with van der Waals surface area (Å²) >= 11 is 0. The highest BCUT2D eigenvalue weighted by Gasteiger charge is 2.24. The van der Waals surface area contributed by atoms with Crippen LogP contribution in [0.1, 0.15) is 39.2 Å². The van der Waals surface area contributed by atoms with Gasteiger partial charge in [0.05, 0.1) is 24.6 Å². The molecule has 0 radical (unpaired) electrons. The zero-order valence-corrected chi connectivity index (χ0v) is 14.3. The van der Waals surface area contributed by atoms with Gasteiger partial charge in [0, 0.05) is 11.8 Å². The van der Waals surface area contributed by atoms with Gasteiger partial charge in [-0.1, -0.05) is 18.2 Å². The number of hydrogen-bond acceptors (Lipinski definition) is 5. The van der Waals surface area contributed by atoms with Crippen molar-refractivity contribution in [1.29, 1.82) is 0 Å². The van der Waals surface area contributed by atoms with Crippen molar-refractivity contribution >= 4 is 5.91 Å². The number of hydrogen-bond donors (Lipinski definition) is 1. The Kier molecular flexibility index (Phi) is 4.79. The van der Waals surface area contributed by atoms with Gasteiger partial charge in [0.15, 0.2) is 0 Å². The SMILES string of the molecule is COc1ccccc1[C@H](NC(=O)c1cnc(C)nc1C)c1ccco1. The molecule has 3 rings (SSSR count). The molecule has 0 aliphatic rings. The predicted molar refractivity (Wildman–Crippen MR) is 92.5 cm³/mol. The van der Waals surface area contributed by atoms with Crippen LogP contribution in [0.25, 0.3) is 0 Å². The predicted octanol–water partition coefficient (Wildman–Crippen LogP) is 3.21. The minimum Gasteiger partial charge on any atom is -0.496 e. The van der Waals surface area contributed by atoms with Crippen molar-refractivity contribution in [3.05, 3.63) is 77.3 Å². The van der Waals surface area contributed by atoms with Crippen LogP contribution in [0.3, 0.4) is 0 Å². The van der Waals surface area contributed by atoms with Crippen LogP contribution in [0, 0.1) is 13.8 Å². The van der Waals surface area contributed by atoms with E-state index in [1.165, 1.54) is 6.20 Å². The molecule has 2 aromatic heterocycles. The van der Waals surface area contributed by atoms with Gasteiger partial charge >= 0.3 is 0 Å². The molecule has 6 nitrogen and oxygen atoms in total. The molecule has 0 fully saturated rings. The first-order valence-corrected chi connectivity index (χ1v) is 7.87. The van der Waals surface area contributed by atoms with E-state index in [2.05, 4.69) is 15.3 Å². The molecule has 25 heavy (non-hydrogen) atoms. The van der Waals surface area contributed by atoms with E-state index in [1.807, 2.05) is 30.3 Å². The Morgan fingerprint density at radius 2 is 2.00 bits per heavy atom. The van der Waals surface area contributed by atoms with Crippen molar-refractivity contribution in [3.8, 4) is 5.75 Å². The van der Waals surface area contributed by atoms with Crippen LogP contribution in [0.5, 0.6) is 5.75 Å². The highest BCUT2D eigenvalue weighted by Crippen LogP contribution is 2.30. The largest absolute Gasteiger partial charge is 0.496 e. The maximum absolute atomic E-state index is 12.8. The first-order valence-electron chi connectivity index (χ1n) is 7.87. The molecule has 2 heterocycles. The molecule has 0 spiro atoms. The Morgan fingerprint density at radius 3 is 2.68 bits per heavy atom. The van der Waals surface area contributed by atoms with Gasteiger partial charge in [0.25, 0.3) is 5.91 Å². The number of aromatic nitrogens is 2. The third-order valence-corrected chi connectivity index (χ3v) is 3.90. The molecule has 0 saturated heterocycles. The van der Waals surface area contributed by atoms with E-state index in [-0.39, 0.29) is 5.91 Å². The maximum atomic E-state index is 12.8. The number of aryl methyl sites for hydroxylation is 2. The number of ether oxygens (including phenoxy) is 1. The summed E-state index contributed by atoms with van der Waals surface area (Å²) in [5, 5.41) is 2.99. The van der Waals surface area contributed by atoms with Crippen LogP contribution in [-0.4, -0.2) is 23.0 Å². The summed E-state index contributed by atoms with van der Waals surface area (Å²) < 4.78 is 11.0. The minimum atomic E-state index is -0.487. The molecular formula is C19H19N3O3. The Bertz CT molecular complexity index is 875. The van der Waals surface area contributed by atoms with Gasteiger partial charge in [0.1, 0.15) is 23.4 Å². The van der Waals surface area contributed by atoms with Crippen molar-refractivity contribution in [2.24, 2.45) is 0 Å². The van der Waals surface area contributed by atoms with Gasteiger partial charge < -0.3 is 14.5 Å². The standard InChI is InChI=1S/C19H19N3O3/c1-12-15(11-20-13(2)21-12)19(23)22-18(17-9-6-10-25-17)14-7-4-5-8-16(14)24-3/h4-11,18H,1-3H3,(H,22,23)/t18-/m0/s1. The van der Waals surface area contributed by atoms with E-state index in [0.29, 0.717) is 28.6 Å². The lowest BCUT2D eigenvalue weighted by Crippen LogP contribution is -2.30. The lowest BCUT2D eigenvalue weighted by molar-refractivity contribution is 0.0937. The molecular weight excluding hydrogens is 318 g/mol. The summed E-state index contributed by atoms with van der Waals surface area (Å²) in [5.41, 5.74) is 1.86. The highest BCUT2D eigenvalue weighted by molar-refractivity contribution is 5.95. The Labute approximate surface area is 145 Å². The summed E-state index contributed by atoms with van der Waals surface area (Å²) in [4.78, 5) is 21.2. The van der Waals surface area contributed by atoms with Gasteiger partial charge in [-0.25, -0.2) is 9.97 Å². The van der Waals surface area contributed by atoms with Gasteiger partial charge in [0.2, 0.25) is 0 Å². The number of furan rings is 1. The Morgan fingerprint density at radius 1 is 1.20 bits per heavy atom. The van der Waals surface area contributed by atoms with Gasteiger partial charge in [-0.3, -0.25) is 4.79 Å². The zero-order valence-electron chi connectivity index (χ0n) is 14.3. The zero-order chi connectivity index (χ0) is 17.8. The van der Waals surface area contributed by atoms with E-state index in [4.69, 9.17) is 9.15 Å². The van der Waals surface area contributed by atoms with E-state index in [0.717, 1.165) is 5.56 Å². The van der Waals surface area contributed by atoms with E-state index < -0.39 is 6.04 Å². The van der Waals surface area contributed by atoms with Gasteiger partial charge in [-0.2, -0.15) is 0 Å². The third kappa shape index (κ3) is 3.52. The normalized spacial score (nSPS) is 11.8. The smallest absolute Gasteiger partial charge is 0.255 e. The van der Waals surface area contributed by atoms with Gasteiger partial charge in [-0.05, 0) is 32.0 Å². The summed E-state index contributed by atoms with van der Waals surface area (Å²) in [7, 11) is 1.60. The first kappa shape index (κ1) is 16.7. The number of amides is 1. The molecule has 6 heteroatoms. The van der Waals surface area contributed by atoms with Crippen molar-refractivity contribution in [2.45, 2.75) is 19.9 Å². The molecule has 0 aliphatic carbocycles. The number of carbonyl (C=O) groups is 1. The van der Waals surface area contributed by atoms with Gasteiger partial charge in [-0.15, -0.1) is 0 Å². The van der Waals surface area contributed by atoms with E-state index >= 15 is 0 Å². The van der Waals surface area contributed by atoms with Crippen molar-refractivity contribution in [3.63, 3.8) is 0 Å². The third-order valence-electron chi connectivity index (χ3n) is 3.90. The van der Waals surface area contributed by atoms with Crippen LogP contribution >= 0.6 is 0 Å². The van der Waals surface area contributed by atoms with Crippen LogP contribution < -0.4 is 10.1 Å². The quantitative estimate of drug-likeness (QED) is 0.773. The van der Waals surface area contributed by atoms with Crippen molar-refractivity contribution in [2.75, 3.05) is 7.11 Å². The van der Waals surface area contributed by atoms with Crippen LogP contribution in [0.2, 0.25) is 0 Å². The second kappa shape index (κ2) is 7.17. The molecule has 1 aromatic carbocycles. The van der Waals surface area contributed by atoms with Crippen LogP contribution in [0.4, 0.5) is 0 Å². The average Bonchev–Trinajstić information content (AvgIpc) is 3.13. The van der Waals surface area contributed by atoms with Crippen molar-refractivity contribution in [1.82, 2.24) is 15.3 Å². The molecule has 1 N–H and O–H groups in total. The lowest BCUT2D eigenvalue weighted by atomic mass is 10.0. The van der Waals surface area contributed by atoms with E-state index in [1.54, 1.807) is 33.3 Å². The molecule has 1 atom stereocenters. The fraction of sp³-hybridized carbons (Fsp3) is 0.211. The number of carbonyl (C=O) groups excluding carboxylic acids is 1. The topological polar surface area (TPSA) is 77.2 Å². The highest BCUT2D eigenvalue weighted by atomic mass is 16.5. The Hall–Kier alpha value is -3.15. The lowest BCUT2D eigenvalue weighted by Gasteiger charge is -2.20. The second-order valence-electron chi connectivity index (χ2n) is 5.58. The molecule has 0 bridgehead atoms. The maximum Gasteiger partial charge on any atom is 0.255 e. The number of nitrogens with zero attached hydrogens (tertiary/aromatic N) is 2. The number of rotatable bonds is 5. The molecule has 0 unspecified atom stereocenters. The first-order chi connectivity index (χ1) is 12.1. The van der Waals surface area contributed by atoms with Crippen LogP contribution in [0.15, 0.2) is 53.3 Å². The number of nitrogens with one attached hydrogen (secondary N) is 1. The minimum absolute atomic E-state index is 0.273. The van der Waals surface area contributed by atoms with E-state index in [9.17, 15) is 4.79 Å². The fourth-order valence-electron chi connectivity index (χ4n) is 2.68. The monoisotopic (exact) mass is 337 g/mol. The molecule has 0 saturated carbocycles. The van der Waals surface area contributed by atoms with Crippen molar-refractivity contribution < 1.29 is 13.9 Å². The summed E-state index contributed by atoms with van der Waals surface area (Å²) in [6.45, 7) is 3.57. The van der Waals surface area contributed by atoms with Crippen LogP contribution in [-0.2, 0) is 0 Å². The second-order valence-corrected chi connectivity index (χ2v) is 5.58. The number of para-hydroxylation sites is 1. The fourth-order valence-corrected chi connectivity index (χ4v) is 2.68. The molecule has 1 amide bonds. The Balaban J connectivity index is 1.97. The summed E-state index contributed by atoms with van der Waals surface area (Å²) in [6, 6.07) is 10.6. The average molecular weight is 337 g/mol. The molecule has 3 aromatic rings. The summed E-state index contributed by atoms with van der Waals surface area (Å²) in [5.74, 6) is 1.63. The molecule has 0 aliphatic heterocycles. The number of methoxy groups -OCH3 is 1. The summed E-state index contributed by atoms with van der Waals surface area (Å²) in [6.07, 6.45) is 3.11.